The van der Waals surface area contributed by atoms with Crippen LogP contribution >= 0.6 is 0 Å². The Morgan fingerprint density at radius 2 is 1.96 bits per heavy atom. The number of carbonyl (C=O) groups is 1. The van der Waals surface area contributed by atoms with Crippen LogP contribution < -0.4 is 15.0 Å². The smallest absolute Gasteiger partial charge is 0.317 e. The number of anilines is 1. The molecule has 0 aliphatic carbocycles. The highest BCUT2D eigenvalue weighted by molar-refractivity contribution is 5.74. The van der Waals surface area contributed by atoms with Gasteiger partial charge in [0.1, 0.15) is 5.75 Å². The van der Waals surface area contributed by atoms with Crippen molar-refractivity contribution in [3.63, 3.8) is 0 Å². The quantitative estimate of drug-likeness (QED) is 0.884. The van der Waals surface area contributed by atoms with Crippen LogP contribution in [0.4, 0.5) is 10.5 Å². The van der Waals surface area contributed by atoms with Crippen LogP contribution in [0.25, 0.3) is 0 Å². The minimum Gasteiger partial charge on any atom is -0.495 e. The summed E-state index contributed by atoms with van der Waals surface area (Å²) in [6.07, 6.45) is 1.10. The van der Waals surface area contributed by atoms with Crippen molar-refractivity contribution in [2.75, 3.05) is 64.4 Å². The summed E-state index contributed by atoms with van der Waals surface area (Å²) in [5.74, 6) is 1.41. The van der Waals surface area contributed by atoms with Crippen LogP contribution in [0.3, 0.4) is 0 Å². The van der Waals surface area contributed by atoms with Gasteiger partial charge < -0.3 is 24.8 Å². The predicted molar refractivity (Wildman–Crippen MR) is 100 cm³/mol. The monoisotopic (exact) mass is 346 g/mol. The lowest BCUT2D eigenvalue weighted by atomic mass is 10.1. The van der Waals surface area contributed by atoms with E-state index in [1.165, 1.54) is 0 Å². The molecular weight excluding hydrogens is 316 g/mol. The molecule has 138 valence electrons. The van der Waals surface area contributed by atoms with Crippen molar-refractivity contribution in [2.24, 2.45) is 5.92 Å². The largest absolute Gasteiger partial charge is 0.495 e. The summed E-state index contributed by atoms with van der Waals surface area (Å²) in [6.45, 7) is 9.58. The van der Waals surface area contributed by atoms with Crippen LogP contribution in [0.1, 0.15) is 13.3 Å². The second-order valence-electron chi connectivity index (χ2n) is 6.88. The first-order valence-electron chi connectivity index (χ1n) is 9.34. The zero-order chi connectivity index (χ0) is 17.6. The second kappa shape index (κ2) is 8.43. The summed E-state index contributed by atoms with van der Waals surface area (Å²) in [5.41, 5.74) is 1.15. The fourth-order valence-electron chi connectivity index (χ4n) is 3.72. The number of para-hydroxylation sites is 2. The molecule has 2 saturated heterocycles. The summed E-state index contributed by atoms with van der Waals surface area (Å²) in [6, 6.07) is 8.23. The third kappa shape index (κ3) is 4.37. The van der Waals surface area contributed by atoms with Crippen LogP contribution in [0.5, 0.6) is 5.75 Å². The van der Waals surface area contributed by atoms with Crippen LogP contribution in [-0.2, 0) is 0 Å². The van der Waals surface area contributed by atoms with Gasteiger partial charge in [-0.15, -0.1) is 0 Å². The number of ether oxygens (including phenoxy) is 1. The minimum absolute atomic E-state index is 0.0893. The number of rotatable bonds is 5. The van der Waals surface area contributed by atoms with Gasteiger partial charge in [-0.1, -0.05) is 19.1 Å². The van der Waals surface area contributed by atoms with Gasteiger partial charge in [-0.3, -0.25) is 0 Å². The molecule has 2 aliphatic rings. The highest BCUT2D eigenvalue weighted by Crippen LogP contribution is 2.31. The van der Waals surface area contributed by atoms with Crippen molar-refractivity contribution >= 4 is 11.7 Å². The lowest BCUT2D eigenvalue weighted by Gasteiger charge is -2.34. The third-order valence-electron chi connectivity index (χ3n) is 5.36. The molecule has 1 atom stereocenters. The molecule has 2 heterocycles. The van der Waals surface area contributed by atoms with Crippen molar-refractivity contribution in [3.8, 4) is 5.75 Å². The molecule has 0 spiro atoms. The molecule has 0 saturated carbocycles. The first-order chi connectivity index (χ1) is 12.2. The lowest BCUT2D eigenvalue weighted by molar-refractivity contribution is 0.142. The number of benzene rings is 1. The Kier molecular flexibility index (Phi) is 6.02. The van der Waals surface area contributed by atoms with Gasteiger partial charge in [-0.2, -0.15) is 0 Å². The van der Waals surface area contributed by atoms with Gasteiger partial charge in [0.2, 0.25) is 0 Å². The molecule has 0 radical (unpaired) electrons. The van der Waals surface area contributed by atoms with Gasteiger partial charge in [0.25, 0.3) is 0 Å². The Morgan fingerprint density at radius 1 is 1.20 bits per heavy atom. The van der Waals surface area contributed by atoms with Gasteiger partial charge in [0, 0.05) is 45.8 Å². The maximum atomic E-state index is 12.4. The number of piperazine rings is 1. The second-order valence-corrected chi connectivity index (χ2v) is 6.88. The number of likely N-dealkylation sites (N-methyl/N-ethyl adjacent to an activating group) is 1. The van der Waals surface area contributed by atoms with E-state index in [0.717, 1.165) is 70.2 Å². The van der Waals surface area contributed by atoms with Crippen LogP contribution in [-0.4, -0.2) is 75.3 Å². The summed E-state index contributed by atoms with van der Waals surface area (Å²) in [7, 11) is 1.71. The molecule has 6 nitrogen and oxygen atoms in total. The number of urea groups is 1. The van der Waals surface area contributed by atoms with Crippen molar-refractivity contribution < 1.29 is 9.53 Å². The Balaban J connectivity index is 1.45. The zero-order valence-electron chi connectivity index (χ0n) is 15.4. The van der Waals surface area contributed by atoms with E-state index < -0.39 is 0 Å². The van der Waals surface area contributed by atoms with E-state index in [4.69, 9.17) is 4.74 Å². The molecule has 6 heteroatoms. The Bertz CT molecular complexity index is 572. The van der Waals surface area contributed by atoms with E-state index in [1.54, 1.807) is 7.11 Å². The molecule has 2 fully saturated rings. The van der Waals surface area contributed by atoms with E-state index in [2.05, 4.69) is 28.1 Å². The van der Waals surface area contributed by atoms with Crippen molar-refractivity contribution in [2.45, 2.75) is 13.3 Å². The van der Waals surface area contributed by atoms with Gasteiger partial charge in [-0.05, 0) is 31.0 Å². The molecular formula is C19H30N4O2. The van der Waals surface area contributed by atoms with Gasteiger partial charge in [-0.25, -0.2) is 4.79 Å². The number of hydrogen-bond donors (Lipinski definition) is 1. The van der Waals surface area contributed by atoms with Crippen molar-refractivity contribution in [1.29, 1.82) is 0 Å². The summed E-state index contributed by atoms with van der Waals surface area (Å²) in [4.78, 5) is 19.0. The van der Waals surface area contributed by atoms with Crippen LogP contribution in [0, 0.1) is 5.92 Å². The normalized spacial score (nSPS) is 21.4. The highest BCUT2D eigenvalue weighted by Gasteiger charge is 2.26. The number of hydrogen-bond acceptors (Lipinski definition) is 4. The van der Waals surface area contributed by atoms with Crippen molar-refractivity contribution in [3.05, 3.63) is 24.3 Å². The number of amides is 2. The molecule has 0 bridgehead atoms. The summed E-state index contributed by atoms with van der Waals surface area (Å²) >= 11 is 0. The van der Waals surface area contributed by atoms with Gasteiger partial charge in [0.15, 0.2) is 0 Å². The summed E-state index contributed by atoms with van der Waals surface area (Å²) in [5, 5.41) is 3.14. The van der Waals surface area contributed by atoms with Crippen molar-refractivity contribution in [1.82, 2.24) is 15.1 Å². The Labute approximate surface area is 150 Å². The van der Waals surface area contributed by atoms with E-state index in [9.17, 15) is 4.79 Å². The number of methoxy groups -OCH3 is 1. The molecule has 1 aromatic carbocycles. The Morgan fingerprint density at radius 3 is 2.68 bits per heavy atom. The standard InChI is InChI=1S/C19H30N4O2/c1-3-21-10-12-22(13-11-21)19(24)20-14-16-8-9-23(15-16)17-6-4-5-7-18(17)25-2/h4-7,16H,3,8-15H2,1-2H3,(H,20,24). The number of nitrogens with zero attached hydrogens (tertiary/aromatic N) is 3. The Hall–Kier alpha value is -1.95. The molecule has 1 unspecified atom stereocenters. The minimum atomic E-state index is 0.0893. The summed E-state index contributed by atoms with van der Waals surface area (Å²) < 4.78 is 5.47. The maximum Gasteiger partial charge on any atom is 0.317 e. The topological polar surface area (TPSA) is 48.0 Å². The average Bonchev–Trinajstić information content (AvgIpc) is 3.15. The first-order valence-corrected chi connectivity index (χ1v) is 9.34. The first kappa shape index (κ1) is 17.9. The molecule has 2 amide bonds. The van der Waals surface area contributed by atoms with Gasteiger partial charge >= 0.3 is 6.03 Å². The van der Waals surface area contributed by atoms with Gasteiger partial charge in [0.05, 0.1) is 12.8 Å². The number of nitrogens with one attached hydrogen (secondary N) is 1. The SMILES string of the molecule is CCN1CCN(C(=O)NCC2CCN(c3ccccc3OC)C2)CC1. The molecule has 1 aromatic rings. The predicted octanol–water partition coefficient (Wildman–Crippen LogP) is 1.87. The van der Waals surface area contributed by atoms with E-state index >= 15 is 0 Å². The number of carbonyl (C=O) groups excluding carboxylic acids is 1. The maximum absolute atomic E-state index is 12.4. The van der Waals surface area contributed by atoms with Crippen LogP contribution in [0.2, 0.25) is 0 Å². The molecule has 1 N–H and O–H groups in total. The molecule has 2 aliphatic heterocycles. The zero-order valence-corrected chi connectivity index (χ0v) is 15.4. The van der Waals surface area contributed by atoms with E-state index in [0.29, 0.717) is 5.92 Å². The lowest BCUT2D eigenvalue weighted by Crippen LogP contribution is -2.52. The highest BCUT2D eigenvalue weighted by atomic mass is 16.5. The van der Waals surface area contributed by atoms with Crippen LogP contribution in [0.15, 0.2) is 24.3 Å². The molecule has 25 heavy (non-hydrogen) atoms. The fraction of sp³-hybridized carbons (Fsp3) is 0.632. The molecule has 3 rings (SSSR count). The average molecular weight is 346 g/mol. The van der Waals surface area contributed by atoms with E-state index in [-0.39, 0.29) is 6.03 Å². The molecule has 0 aromatic heterocycles. The fourth-order valence-corrected chi connectivity index (χ4v) is 3.72. The van der Waals surface area contributed by atoms with E-state index in [1.807, 2.05) is 23.1 Å². The third-order valence-corrected chi connectivity index (χ3v) is 5.36.